The Balaban J connectivity index is 1.53. The Kier molecular flexibility index (Phi) is 5.94. The highest BCUT2D eigenvalue weighted by Gasteiger charge is 2.59. The molecule has 0 aliphatic carbocycles. The molecule has 34 heavy (non-hydrogen) atoms. The van der Waals surface area contributed by atoms with Gasteiger partial charge in [0.15, 0.2) is 5.78 Å². The summed E-state index contributed by atoms with van der Waals surface area (Å²) in [5, 5.41) is 3.68. The molecule has 0 radical (unpaired) electrons. The number of ether oxygens (including phenoxy) is 2. The van der Waals surface area contributed by atoms with E-state index in [1.165, 1.54) is 13.4 Å². The highest BCUT2D eigenvalue weighted by atomic mass is 16.5. The molecular formula is C28H32N2O4. The fourth-order valence-electron chi connectivity index (χ4n) is 6.40. The average Bonchev–Trinajstić information content (AvgIpc) is 3.38. The number of esters is 1. The van der Waals surface area contributed by atoms with E-state index in [1.54, 1.807) is 7.11 Å². The Morgan fingerprint density at radius 1 is 1.18 bits per heavy atom. The number of rotatable bonds is 5. The van der Waals surface area contributed by atoms with Gasteiger partial charge >= 0.3 is 5.97 Å². The maximum absolute atomic E-state index is 14.2. The van der Waals surface area contributed by atoms with Crippen molar-refractivity contribution in [3.63, 3.8) is 0 Å². The largest absolute Gasteiger partial charge is 0.504 e. The van der Waals surface area contributed by atoms with Gasteiger partial charge in [0.2, 0.25) is 0 Å². The van der Waals surface area contributed by atoms with E-state index in [1.807, 2.05) is 36.4 Å². The number of carbonyl (C=O) groups excluding carboxylic acids is 2. The summed E-state index contributed by atoms with van der Waals surface area (Å²) in [7, 11) is 2.96. The van der Waals surface area contributed by atoms with E-state index in [0.717, 1.165) is 48.3 Å². The minimum absolute atomic E-state index is 0.00580. The zero-order valence-electron chi connectivity index (χ0n) is 20.0. The molecule has 3 aliphatic heterocycles. The number of piperidine rings is 1. The number of anilines is 1. The molecule has 2 fully saturated rings. The number of benzene rings is 2. The van der Waals surface area contributed by atoms with Crippen LogP contribution in [0.4, 0.5) is 5.69 Å². The van der Waals surface area contributed by atoms with Gasteiger partial charge in [-0.25, -0.2) is 4.79 Å². The van der Waals surface area contributed by atoms with Gasteiger partial charge in [0, 0.05) is 24.8 Å². The quantitative estimate of drug-likeness (QED) is 0.402. The predicted octanol–water partition coefficient (Wildman–Crippen LogP) is 4.52. The molecule has 2 aromatic carbocycles. The average molecular weight is 461 g/mol. The third-order valence-corrected chi connectivity index (χ3v) is 8.05. The van der Waals surface area contributed by atoms with Crippen LogP contribution in [-0.4, -0.2) is 55.5 Å². The lowest BCUT2D eigenvalue weighted by molar-refractivity contribution is -0.137. The fraction of sp³-hybridized carbons (Fsp3) is 0.429. The van der Waals surface area contributed by atoms with Crippen LogP contribution in [0.2, 0.25) is 0 Å². The molecule has 1 N–H and O–H groups in total. The van der Waals surface area contributed by atoms with E-state index < -0.39 is 5.54 Å². The van der Waals surface area contributed by atoms with Crippen LogP contribution in [0.15, 0.2) is 60.4 Å². The maximum Gasteiger partial charge on any atom is 0.337 e. The molecule has 4 atom stereocenters. The summed E-state index contributed by atoms with van der Waals surface area (Å²) in [5.41, 5.74) is 3.59. The van der Waals surface area contributed by atoms with E-state index in [2.05, 4.69) is 29.3 Å². The Labute approximate surface area is 200 Å². The highest BCUT2D eigenvalue weighted by Crippen LogP contribution is 2.50. The molecule has 0 bridgehead atoms. The number of nitrogens with one attached hydrogen (secondary N) is 1. The van der Waals surface area contributed by atoms with E-state index in [9.17, 15) is 9.59 Å². The van der Waals surface area contributed by atoms with Gasteiger partial charge in [-0.2, -0.15) is 0 Å². The molecule has 6 nitrogen and oxygen atoms in total. The van der Waals surface area contributed by atoms with Crippen LogP contribution < -0.4 is 5.32 Å². The van der Waals surface area contributed by atoms with E-state index in [4.69, 9.17) is 9.47 Å². The first kappa shape index (κ1) is 22.7. The van der Waals surface area contributed by atoms with Crippen molar-refractivity contribution in [3.8, 4) is 11.1 Å². The lowest BCUT2D eigenvalue weighted by Crippen LogP contribution is -2.57. The van der Waals surface area contributed by atoms with Crippen molar-refractivity contribution < 1.29 is 19.1 Å². The van der Waals surface area contributed by atoms with Crippen LogP contribution in [0.25, 0.3) is 11.1 Å². The predicted molar refractivity (Wildman–Crippen MR) is 132 cm³/mol. The molecule has 0 aromatic heterocycles. The van der Waals surface area contributed by atoms with Crippen molar-refractivity contribution in [2.24, 2.45) is 11.8 Å². The van der Waals surface area contributed by atoms with E-state index in [-0.39, 0.29) is 23.7 Å². The standard InChI is InChI=1S/C28H32N2O4/c1-4-18-16-30-14-13-28(24(30)15-21(18)22(17-33-2)27(32)34-3)26(31)25-20(11-8-12-23(25)29-28)19-9-6-5-7-10-19/h5-12,17-18,21,24,29H,4,13-16H2,1-3H3/b22-17+/t18-,21+,24+,28+/m1/s1. The molecule has 3 heterocycles. The number of fused-ring (bicyclic) bond motifs is 3. The molecule has 0 saturated carbocycles. The molecule has 5 rings (SSSR count). The van der Waals surface area contributed by atoms with Crippen LogP contribution in [0.5, 0.6) is 0 Å². The number of methoxy groups -OCH3 is 2. The Hall–Kier alpha value is -3.12. The normalized spacial score (nSPS) is 28.4. The summed E-state index contributed by atoms with van der Waals surface area (Å²) in [6.07, 6.45) is 3.93. The molecular weight excluding hydrogens is 428 g/mol. The lowest BCUT2D eigenvalue weighted by Gasteiger charge is -2.45. The van der Waals surface area contributed by atoms with Gasteiger partial charge in [0.1, 0.15) is 5.54 Å². The summed E-state index contributed by atoms with van der Waals surface area (Å²) < 4.78 is 10.4. The Morgan fingerprint density at radius 3 is 2.68 bits per heavy atom. The molecule has 178 valence electrons. The van der Waals surface area contributed by atoms with Gasteiger partial charge in [-0.05, 0) is 41.9 Å². The molecule has 0 unspecified atom stereocenters. The monoisotopic (exact) mass is 460 g/mol. The Morgan fingerprint density at radius 2 is 1.97 bits per heavy atom. The van der Waals surface area contributed by atoms with Crippen molar-refractivity contribution in [1.29, 1.82) is 0 Å². The zero-order valence-corrected chi connectivity index (χ0v) is 20.0. The van der Waals surface area contributed by atoms with Gasteiger partial charge in [-0.1, -0.05) is 55.8 Å². The first-order valence-electron chi connectivity index (χ1n) is 12.1. The number of hydrogen-bond acceptors (Lipinski definition) is 6. The highest BCUT2D eigenvalue weighted by molar-refractivity contribution is 6.18. The maximum atomic E-state index is 14.2. The van der Waals surface area contributed by atoms with E-state index >= 15 is 0 Å². The second-order valence-electron chi connectivity index (χ2n) is 9.59. The minimum Gasteiger partial charge on any atom is -0.504 e. The molecule has 2 saturated heterocycles. The summed E-state index contributed by atoms with van der Waals surface area (Å²) >= 11 is 0. The fourth-order valence-corrected chi connectivity index (χ4v) is 6.40. The van der Waals surface area contributed by atoms with E-state index in [0.29, 0.717) is 17.9 Å². The molecule has 2 aromatic rings. The van der Waals surface area contributed by atoms with Gasteiger partial charge in [0.05, 0.1) is 31.6 Å². The van der Waals surface area contributed by atoms with Crippen molar-refractivity contribution in [2.45, 2.75) is 37.8 Å². The summed E-state index contributed by atoms with van der Waals surface area (Å²) in [4.78, 5) is 29.3. The van der Waals surface area contributed by atoms with Crippen LogP contribution in [0, 0.1) is 11.8 Å². The first-order chi connectivity index (χ1) is 16.5. The van der Waals surface area contributed by atoms with Crippen LogP contribution in [0.1, 0.15) is 36.5 Å². The summed E-state index contributed by atoms with van der Waals surface area (Å²) in [6.45, 7) is 3.87. The van der Waals surface area contributed by atoms with Crippen molar-refractivity contribution in [2.75, 3.05) is 32.6 Å². The first-order valence-corrected chi connectivity index (χ1v) is 12.1. The Bertz CT molecular complexity index is 1130. The van der Waals surface area contributed by atoms with Gasteiger partial charge in [0.25, 0.3) is 0 Å². The second-order valence-corrected chi connectivity index (χ2v) is 9.59. The van der Waals surface area contributed by atoms with Crippen molar-refractivity contribution in [1.82, 2.24) is 4.90 Å². The van der Waals surface area contributed by atoms with Crippen LogP contribution in [-0.2, 0) is 14.3 Å². The third-order valence-electron chi connectivity index (χ3n) is 8.05. The smallest absolute Gasteiger partial charge is 0.337 e. The zero-order chi connectivity index (χ0) is 23.9. The third kappa shape index (κ3) is 3.43. The van der Waals surface area contributed by atoms with Crippen LogP contribution in [0.3, 0.4) is 0 Å². The second kappa shape index (κ2) is 8.91. The van der Waals surface area contributed by atoms with Gasteiger partial charge < -0.3 is 14.8 Å². The lowest BCUT2D eigenvalue weighted by atomic mass is 9.71. The number of Topliss-reactive ketones (excluding diaryl/α,β-unsaturated/α-hetero) is 1. The van der Waals surface area contributed by atoms with Gasteiger partial charge in [-0.15, -0.1) is 0 Å². The number of hydrogen-bond donors (Lipinski definition) is 1. The SMILES string of the molecule is CC[C@@H]1CN2CC[C@]3(Nc4cccc(-c5ccccc5)c4C3=O)[C@@H]2C[C@@H]1/C(=C\OC)C(=O)OC. The topological polar surface area (TPSA) is 67.9 Å². The molecule has 6 heteroatoms. The van der Waals surface area contributed by atoms with Crippen LogP contribution >= 0.6 is 0 Å². The number of ketones is 1. The van der Waals surface area contributed by atoms with Crippen molar-refractivity contribution in [3.05, 3.63) is 65.9 Å². The van der Waals surface area contributed by atoms with Crippen molar-refractivity contribution >= 4 is 17.4 Å². The molecule has 0 amide bonds. The summed E-state index contributed by atoms with van der Waals surface area (Å²) in [6, 6.07) is 16.1. The molecule has 1 spiro atoms. The summed E-state index contributed by atoms with van der Waals surface area (Å²) in [5.74, 6) is 0.0795. The minimum atomic E-state index is -0.682. The molecule has 3 aliphatic rings. The number of nitrogens with zero attached hydrogens (tertiary/aromatic N) is 1. The van der Waals surface area contributed by atoms with Gasteiger partial charge in [-0.3, -0.25) is 9.69 Å². The number of carbonyl (C=O) groups is 2.